The minimum absolute atomic E-state index is 0. The Hall–Kier alpha value is -0.852. The summed E-state index contributed by atoms with van der Waals surface area (Å²) in [4.78, 5) is 39.7. The topological polar surface area (TPSA) is 127 Å². The van der Waals surface area contributed by atoms with Crippen molar-refractivity contribution in [1.29, 1.82) is 0 Å². The molecule has 8 nitrogen and oxygen atoms in total. The van der Waals surface area contributed by atoms with Gasteiger partial charge in [0, 0.05) is 21.1 Å². The molecule has 0 rings (SSSR count). The summed E-state index contributed by atoms with van der Waals surface area (Å²) in [6, 6.07) is 0. The molecule has 0 saturated carbocycles. The van der Waals surface area contributed by atoms with Crippen molar-refractivity contribution in [2.45, 2.75) is 25.7 Å². The first-order valence-electron chi connectivity index (χ1n) is 4.39. The fraction of sp³-hybridized carbons (Fsp3) is 0.500. The van der Waals surface area contributed by atoms with E-state index in [1.165, 1.54) is 0 Å². The first kappa shape index (κ1) is 23.3. The Morgan fingerprint density at radius 1 is 0.737 bits per heavy atom. The number of rotatable bonds is 6. The van der Waals surface area contributed by atoms with Gasteiger partial charge in [0.15, 0.2) is 0 Å². The van der Waals surface area contributed by atoms with Crippen LogP contribution in [0.5, 0.6) is 0 Å². The van der Waals surface area contributed by atoms with E-state index in [1.54, 1.807) is 0 Å². The Morgan fingerprint density at radius 2 is 1.00 bits per heavy atom. The molecule has 0 fully saturated rings. The van der Waals surface area contributed by atoms with Gasteiger partial charge < -0.3 is 18.8 Å². The first-order chi connectivity index (χ1) is 8.33. The van der Waals surface area contributed by atoms with Crippen LogP contribution in [0, 0.1) is 0 Å². The molecule has 0 saturated heterocycles. The predicted molar refractivity (Wildman–Crippen MR) is 57.6 cm³/mol. The molecule has 0 amide bonds. The van der Waals surface area contributed by atoms with E-state index in [0.717, 1.165) is 0 Å². The van der Waals surface area contributed by atoms with E-state index in [-0.39, 0.29) is 46.7 Å². The van der Waals surface area contributed by atoms with Gasteiger partial charge in [-0.15, -0.1) is 0 Å². The number of carboxylic acid groups (broad SMARTS) is 2. The number of hydrogen-bond donors (Lipinski definition) is 2. The van der Waals surface area contributed by atoms with Crippen LogP contribution in [0.1, 0.15) is 25.7 Å². The van der Waals surface area contributed by atoms with Gasteiger partial charge in [0.25, 0.3) is 0 Å². The molecular formula is C8H10Cl2O8Pt. The van der Waals surface area contributed by atoms with Gasteiger partial charge in [-0.3, -0.25) is 19.2 Å². The summed E-state index contributed by atoms with van der Waals surface area (Å²) in [5.41, 5.74) is 0. The SMILES string of the molecule is O=C(O)CCC(=O)OCl.O=C(O)CCC(=O)OCl.[Pt]. The summed E-state index contributed by atoms with van der Waals surface area (Å²) in [5, 5.41) is 16.0. The Labute approximate surface area is 132 Å². The zero-order chi connectivity index (χ0) is 14.6. The van der Waals surface area contributed by atoms with E-state index < -0.39 is 23.9 Å². The third-order valence-corrected chi connectivity index (χ3v) is 1.60. The van der Waals surface area contributed by atoms with E-state index in [1.807, 2.05) is 0 Å². The van der Waals surface area contributed by atoms with Gasteiger partial charge >= 0.3 is 23.9 Å². The molecule has 11 heteroatoms. The smallest absolute Gasteiger partial charge is 0.325 e. The van der Waals surface area contributed by atoms with Crippen LogP contribution in [0.4, 0.5) is 0 Å². The molecular weight excluding hydrogens is 490 g/mol. The zero-order valence-electron chi connectivity index (χ0n) is 9.24. The quantitative estimate of drug-likeness (QED) is 0.556. The second-order valence-corrected chi connectivity index (χ2v) is 2.99. The van der Waals surface area contributed by atoms with Gasteiger partial charge in [-0.05, 0) is 0 Å². The van der Waals surface area contributed by atoms with Crippen LogP contribution in [-0.4, -0.2) is 34.1 Å². The molecule has 0 unspecified atom stereocenters. The van der Waals surface area contributed by atoms with Crippen molar-refractivity contribution in [3.63, 3.8) is 0 Å². The van der Waals surface area contributed by atoms with Crippen molar-refractivity contribution in [2.24, 2.45) is 0 Å². The van der Waals surface area contributed by atoms with Gasteiger partial charge in [-0.2, -0.15) is 0 Å². The molecule has 0 aliphatic rings. The minimum atomic E-state index is -1.04. The Bertz CT molecular complexity index is 279. The summed E-state index contributed by atoms with van der Waals surface area (Å²) in [6.45, 7) is 0. The van der Waals surface area contributed by atoms with Crippen molar-refractivity contribution in [3.05, 3.63) is 0 Å². The molecule has 0 atom stereocenters. The van der Waals surface area contributed by atoms with E-state index >= 15 is 0 Å². The van der Waals surface area contributed by atoms with E-state index in [0.29, 0.717) is 0 Å². The number of aliphatic carboxylic acids is 2. The molecule has 0 spiro atoms. The second-order valence-electron chi connectivity index (χ2n) is 2.69. The van der Waals surface area contributed by atoms with Crippen LogP contribution in [0.3, 0.4) is 0 Å². The van der Waals surface area contributed by atoms with E-state index in [9.17, 15) is 19.2 Å². The molecule has 0 heterocycles. The molecule has 2 N–H and O–H groups in total. The van der Waals surface area contributed by atoms with Crippen molar-refractivity contribution in [1.82, 2.24) is 0 Å². The van der Waals surface area contributed by atoms with Crippen LogP contribution < -0.4 is 0 Å². The summed E-state index contributed by atoms with van der Waals surface area (Å²) in [5.74, 6) is -3.53. The van der Waals surface area contributed by atoms with E-state index in [4.69, 9.17) is 10.2 Å². The largest absolute Gasteiger partial charge is 0.481 e. The third-order valence-electron chi connectivity index (χ3n) is 1.26. The molecule has 114 valence electrons. The number of carboxylic acids is 2. The molecule has 0 aliphatic heterocycles. The number of carbonyl (C=O) groups excluding carboxylic acids is 2. The molecule has 0 aromatic carbocycles. The standard InChI is InChI=1S/2C4H5ClO4.Pt/c2*5-9-4(8)2-1-3(6)7;/h2*1-2H2,(H,6,7);. The van der Waals surface area contributed by atoms with Gasteiger partial charge in [0.2, 0.25) is 0 Å². The summed E-state index contributed by atoms with van der Waals surface area (Å²) in [6.07, 6.45) is -0.852. The van der Waals surface area contributed by atoms with Crippen molar-refractivity contribution in [2.75, 3.05) is 0 Å². The van der Waals surface area contributed by atoms with Crippen molar-refractivity contribution >= 4 is 47.6 Å². The predicted octanol–water partition coefficient (Wildman–Crippen LogP) is 1.09. The molecule has 0 bridgehead atoms. The van der Waals surface area contributed by atoms with Crippen LogP contribution in [0.25, 0.3) is 0 Å². The summed E-state index contributed by atoms with van der Waals surface area (Å²) >= 11 is 9.19. The maximum Gasteiger partial charge on any atom is 0.325 e. The van der Waals surface area contributed by atoms with Gasteiger partial charge in [-0.1, -0.05) is 0 Å². The van der Waals surface area contributed by atoms with Crippen molar-refractivity contribution in [3.8, 4) is 0 Å². The van der Waals surface area contributed by atoms with Crippen LogP contribution in [0.15, 0.2) is 0 Å². The molecule has 19 heavy (non-hydrogen) atoms. The molecule has 0 aliphatic carbocycles. The average molecular weight is 500 g/mol. The number of carbonyl (C=O) groups is 4. The molecule has 0 aromatic heterocycles. The zero-order valence-corrected chi connectivity index (χ0v) is 13.0. The van der Waals surface area contributed by atoms with Crippen LogP contribution in [-0.2, 0) is 48.8 Å². The maximum atomic E-state index is 10.1. The van der Waals surface area contributed by atoms with Crippen molar-refractivity contribution < 1.29 is 59.0 Å². The third kappa shape index (κ3) is 22.8. The summed E-state index contributed by atoms with van der Waals surface area (Å²) < 4.78 is 7.34. The van der Waals surface area contributed by atoms with Gasteiger partial charge in [0.05, 0.1) is 25.7 Å². The fourth-order valence-electron chi connectivity index (χ4n) is 0.495. The monoisotopic (exact) mass is 499 g/mol. The molecule has 0 aromatic rings. The number of hydrogen-bond acceptors (Lipinski definition) is 6. The molecule has 0 radical (unpaired) electrons. The first-order valence-corrected chi connectivity index (χ1v) is 5.01. The Kier molecular flexibility index (Phi) is 18.6. The average Bonchev–Trinajstić information content (AvgIpc) is 2.33. The Balaban J connectivity index is -0.000000256. The minimum Gasteiger partial charge on any atom is -0.481 e. The van der Waals surface area contributed by atoms with E-state index in [2.05, 4.69) is 32.3 Å². The van der Waals surface area contributed by atoms with Crippen LogP contribution in [0.2, 0.25) is 0 Å². The maximum absolute atomic E-state index is 10.1. The normalized spacial score (nSPS) is 8.11. The second kappa shape index (κ2) is 15.2. The Morgan fingerprint density at radius 3 is 1.16 bits per heavy atom. The fourth-order valence-corrected chi connectivity index (χ4v) is 0.649. The summed E-state index contributed by atoms with van der Waals surface area (Å²) in [7, 11) is 0. The van der Waals surface area contributed by atoms with Gasteiger partial charge in [-0.25, -0.2) is 0 Å². The number of halogens is 2. The van der Waals surface area contributed by atoms with Crippen LogP contribution >= 0.6 is 23.7 Å². The van der Waals surface area contributed by atoms with Gasteiger partial charge in [0.1, 0.15) is 23.7 Å².